The Kier molecular flexibility index (Phi) is 3.69. The van der Waals surface area contributed by atoms with Gasteiger partial charge in [0.15, 0.2) is 0 Å². The van der Waals surface area contributed by atoms with Crippen molar-refractivity contribution in [2.24, 2.45) is 11.1 Å². The summed E-state index contributed by atoms with van der Waals surface area (Å²) in [5.74, 6) is 0.960. The van der Waals surface area contributed by atoms with E-state index >= 15 is 0 Å². The van der Waals surface area contributed by atoms with Crippen molar-refractivity contribution in [3.8, 4) is 0 Å². The Labute approximate surface area is 102 Å². The molecule has 94 valence electrons. The van der Waals surface area contributed by atoms with Crippen LogP contribution in [0.1, 0.15) is 25.7 Å². The predicted molar refractivity (Wildman–Crippen MR) is 68.3 cm³/mol. The van der Waals surface area contributed by atoms with Gasteiger partial charge in [-0.2, -0.15) is 0 Å². The van der Waals surface area contributed by atoms with Crippen LogP contribution in [0.5, 0.6) is 0 Å². The number of rotatable bonds is 6. The SMILES string of the molecule is NS(=O)(=O)c1ccc(NCCCC2CC2)cc1. The third-order valence-corrected chi connectivity index (χ3v) is 3.93. The van der Waals surface area contributed by atoms with E-state index in [9.17, 15) is 8.42 Å². The van der Waals surface area contributed by atoms with Gasteiger partial charge in [0.2, 0.25) is 10.0 Å². The van der Waals surface area contributed by atoms with Gasteiger partial charge in [0.05, 0.1) is 4.90 Å². The summed E-state index contributed by atoms with van der Waals surface area (Å²) in [6.07, 6.45) is 5.25. The number of nitrogens with one attached hydrogen (secondary N) is 1. The second kappa shape index (κ2) is 5.06. The topological polar surface area (TPSA) is 72.2 Å². The Hall–Kier alpha value is -1.07. The van der Waals surface area contributed by atoms with Gasteiger partial charge in [0.25, 0.3) is 0 Å². The first-order valence-corrected chi connectivity index (χ1v) is 7.47. The lowest BCUT2D eigenvalue weighted by molar-refractivity contribution is 0.598. The van der Waals surface area contributed by atoms with Gasteiger partial charge in [0.1, 0.15) is 0 Å². The van der Waals surface area contributed by atoms with Gasteiger partial charge in [-0.3, -0.25) is 0 Å². The number of primary sulfonamides is 1. The van der Waals surface area contributed by atoms with Crippen molar-refractivity contribution in [2.75, 3.05) is 11.9 Å². The quantitative estimate of drug-likeness (QED) is 0.762. The highest BCUT2D eigenvalue weighted by Crippen LogP contribution is 2.33. The molecule has 0 spiro atoms. The fraction of sp³-hybridized carbons (Fsp3) is 0.500. The maximum Gasteiger partial charge on any atom is 0.238 e. The van der Waals surface area contributed by atoms with Crippen molar-refractivity contribution < 1.29 is 8.42 Å². The first-order chi connectivity index (χ1) is 8.05. The lowest BCUT2D eigenvalue weighted by Crippen LogP contribution is -2.12. The van der Waals surface area contributed by atoms with Crippen LogP contribution in [0.4, 0.5) is 5.69 Å². The van der Waals surface area contributed by atoms with E-state index in [1.807, 2.05) is 0 Å². The molecule has 0 heterocycles. The lowest BCUT2D eigenvalue weighted by Gasteiger charge is -2.06. The Balaban J connectivity index is 1.80. The standard InChI is InChI=1S/C12H18N2O2S/c13-17(15,16)12-7-5-11(6-8-12)14-9-1-2-10-3-4-10/h5-8,10,14H,1-4,9H2,(H2,13,15,16). The summed E-state index contributed by atoms with van der Waals surface area (Å²) in [5.41, 5.74) is 0.938. The highest BCUT2D eigenvalue weighted by atomic mass is 32.2. The molecule has 2 rings (SSSR count). The second-order valence-electron chi connectivity index (χ2n) is 4.58. The molecule has 1 fully saturated rings. The third-order valence-electron chi connectivity index (χ3n) is 3.00. The first kappa shape index (κ1) is 12.4. The summed E-state index contributed by atoms with van der Waals surface area (Å²) in [6, 6.07) is 6.55. The van der Waals surface area contributed by atoms with Gasteiger partial charge in [0, 0.05) is 12.2 Å². The summed E-state index contributed by atoms with van der Waals surface area (Å²) < 4.78 is 22.1. The molecule has 0 unspecified atom stereocenters. The van der Waals surface area contributed by atoms with Crippen LogP contribution in [0, 0.1) is 5.92 Å². The minimum Gasteiger partial charge on any atom is -0.385 e. The lowest BCUT2D eigenvalue weighted by atomic mass is 10.2. The van der Waals surface area contributed by atoms with Crippen LogP contribution in [-0.2, 0) is 10.0 Å². The fourth-order valence-corrected chi connectivity index (χ4v) is 2.31. The first-order valence-electron chi connectivity index (χ1n) is 5.92. The summed E-state index contributed by atoms with van der Waals surface area (Å²) in [6.45, 7) is 0.936. The normalized spacial score (nSPS) is 15.8. The highest BCUT2D eigenvalue weighted by molar-refractivity contribution is 7.89. The largest absolute Gasteiger partial charge is 0.385 e. The van der Waals surface area contributed by atoms with Gasteiger partial charge in [-0.05, 0) is 43.0 Å². The van der Waals surface area contributed by atoms with E-state index in [0.29, 0.717) is 0 Å². The number of sulfonamides is 1. The number of anilines is 1. The minimum atomic E-state index is -3.58. The molecule has 4 nitrogen and oxygen atoms in total. The Bertz CT molecular complexity index is 464. The Morgan fingerprint density at radius 2 is 1.88 bits per heavy atom. The van der Waals surface area contributed by atoms with Crippen LogP contribution in [0.25, 0.3) is 0 Å². The number of hydrogen-bond donors (Lipinski definition) is 2. The molecule has 3 N–H and O–H groups in total. The molecule has 1 aliphatic carbocycles. The molecule has 0 radical (unpaired) electrons. The van der Waals surface area contributed by atoms with Crippen LogP contribution >= 0.6 is 0 Å². The molecule has 0 bridgehead atoms. The van der Waals surface area contributed by atoms with E-state index in [4.69, 9.17) is 5.14 Å². The van der Waals surface area contributed by atoms with Crippen molar-refractivity contribution >= 4 is 15.7 Å². The zero-order valence-corrected chi connectivity index (χ0v) is 10.5. The predicted octanol–water partition coefficient (Wildman–Crippen LogP) is 1.94. The van der Waals surface area contributed by atoms with E-state index in [-0.39, 0.29) is 4.90 Å². The van der Waals surface area contributed by atoms with Gasteiger partial charge in [-0.1, -0.05) is 12.8 Å². The van der Waals surface area contributed by atoms with Crippen molar-refractivity contribution in [2.45, 2.75) is 30.6 Å². The van der Waals surface area contributed by atoms with Crippen molar-refractivity contribution in [3.63, 3.8) is 0 Å². The molecule has 0 atom stereocenters. The van der Waals surface area contributed by atoms with Gasteiger partial charge < -0.3 is 5.32 Å². The summed E-state index contributed by atoms with van der Waals surface area (Å²) in [5, 5.41) is 8.29. The molecule has 5 heteroatoms. The van der Waals surface area contributed by atoms with Gasteiger partial charge >= 0.3 is 0 Å². The van der Waals surface area contributed by atoms with Crippen LogP contribution in [-0.4, -0.2) is 15.0 Å². The summed E-state index contributed by atoms with van der Waals surface area (Å²) in [4.78, 5) is 0.154. The zero-order chi connectivity index (χ0) is 12.3. The molecule has 1 aromatic rings. The monoisotopic (exact) mass is 254 g/mol. The van der Waals surface area contributed by atoms with E-state index < -0.39 is 10.0 Å². The third kappa shape index (κ3) is 4.02. The molecule has 0 aromatic heterocycles. The van der Waals surface area contributed by atoms with E-state index in [1.54, 1.807) is 12.1 Å². The van der Waals surface area contributed by atoms with E-state index in [2.05, 4.69) is 5.32 Å². The smallest absolute Gasteiger partial charge is 0.238 e. The molecule has 0 amide bonds. The van der Waals surface area contributed by atoms with Crippen LogP contribution < -0.4 is 10.5 Å². The average molecular weight is 254 g/mol. The summed E-state index contributed by atoms with van der Waals surface area (Å²) >= 11 is 0. The molecular formula is C12H18N2O2S. The molecular weight excluding hydrogens is 236 g/mol. The molecule has 1 saturated carbocycles. The molecule has 0 saturated heterocycles. The number of benzene rings is 1. The maximum absolute atomic E-state index is 11.0. The van der Waals surface area contributed by atoms with E-state index in [0.717, 1.165) is 18.2 Å². The van der Waals surface area contributed by atoms with Crippen molar-refractivity contribution in [1.29, 1.82) is 0 Å². The van der Waals surface area contributed by atoms with Crippen LogP contribution in [0.15, 0.2) is 29.2 Å². The average Bonchev–Trinajstić information content (AvgIpc) is 3.08. The highest BCUT2D eigenvalue weighted by Gasteiger charge is 2.19. The van der Waals surface area contributed by atoms with Crippen molar-refractivity contribution in [3.05, 3.63) is 24.3 Å². The van der Waals surface area contributed by atoms with E-state index in [1.165, 1.54) is 37.8 Å². The van der Waals surface area contributed by atoms with Gasteiger partial charge in [-0.25, -0.2) is 13.6 Å². The minimum absolute atomic E-state index is 0.154. The number of nitrogens with two attached hydrogens (primary N) is 1. The molecule has 1 aliphatic rings. The fourth-order valence-electron chi connectivity index (χ4n) is 1.79. The van der Waals surface area contributed by atoms with Crippen LogP contribution in [0.3, 0.4) is 0 Å². The molecule has 0 aliphatic heterocycles. The van der Waals surface area contributed by atoms with Crippen LogP contribution in [0.2, 0.25) is 0 Å². The summed E-state index contributed by atoms with van der Waals surface area (Å²) in [7, 11) is -3.58. The Morgan fingerprint density at radius 1 is 1.24 bits per heavy atom. The Morgan fingerprint density at radius 3 is 2.41 bits per heavy atom. The molecule has 17 heavy (non-hydrogen) atoms. The second-order valence-corrected chi connectivity index (χ2v) is 6.14. The molecule has 1 aromatic carbocycles. The number of hydrogen-bond acceptors (Lipinski definition) is 3. The van der Waals surface area contributed by atoms with Crippen molar-refractivity contribution in [1.82, 2.24) is 0 Å². The zero-order valence-electron chi connectivity index (χ0n) is 9.72. The maximum atomic E-state index is 11.0. The van der Waals surface area contributed by atoms with Gasteiger partial charge in [-0.15, -0.1) is 0 Å².